The number of anilines is 1. The van der Waals surface area contributed by atoms with E-state index < -0.39 is 0 Å². The number of carbonyl (C=O) groups excluding carboxylic acids is 1. The normalized spacial score (nSPS) is 17.1. The van der Waals surface area contributed by atoms with E-state index in [2.05, 4.69) is 15.2 Å². The van der Waals surface area contributed by atoms with Crippen LogP contribution in [0.4, 0.5) is 5.13 Å². The highest BCUT2D eigenvalue weighted by molar-refractivity contribution is 7.13. The molecule has 1 aliphatic heterocycles. The zero-order chi connectivity index (χ0) is 19.1. The van der Waals surface area contributed by atoms with E-state index in [0.717, 1.165) is 36.6 Å². The van der Waals surface area contributed by atoms with Crippen LogP contribution in [0.2, 0.25) is 0 Å². The lowest BCUT2D eigenvalue weighted by atomic mass is 9.98. The number of hydrogen-bond acceptors (Lipinski definition) is 6. The number of benzene rings is 1. The van der Waals surface area contributed by atoms with Crippen molar-refractivity contribution in [2.75, 3.05) is 38.8 Å². The summed E-state index contributed by atoms with van der Waals surface area (Å²) in [5.74, 6) is 1.67. The molecular weight excluding hydrogens is 362 g/mol. The van der Waals surface area contributed by atoms with Crippen molar-refractivity contribution in [1.82, 2.24) is 10.3 Å². The summed E-state index contributed by atoms with van der Waals surface area (Å²) >= 11 is 1.66. The number of rotatable bonds is 7. The summed E-state index contributed by atoms with van der Waals surface area (Å²) in [6, 6.07) is 5.56. The van der Waals surface area contributed by atoms with Crippen LogP contribution < -0.4 is 19.7 Å². The maximum atomic E-state index is 12.2. The molecule has 0 bridgehead atoms. The first-order valence-corrected chi connectivity index (χ1v) is 9.90. The van der Waals surface area contributed by atoms with Crippen molar-refractivity contribution >= 4 is 28.5 Å². The molecular formula is C20H25N3O3S. The van der Waals surface area contributed by atoms with Crippen molar-refractivity contribution in [3.05, 3.63) is 41.4 Å². The third-order valence-corrected chi connectivity index (χ3v) is 5.44. The molecule has 1 aromatic carbocycles. The van der Waals surface area contributed by atoms with Crippen LogP contribution in [0.1, 0.15) is 18.4 Å². The fourth-order valence-electron chi connectivity index (χ4n) is 3.21. The van der Waals surface area contributed by atoms with Gasteiger partial charge in [0, 0.05) is 37.3 Å². The van der Waals surface area contributed by atoms with Crippen molar-refractivity contribution in [1.29, 1.82) is 0 Å². The largest absolute Gasteiger partial charge is 0.493 e. The minimum absolute atomic E-state index is 0.0869. The molecule has 1 saturated heterocycles. The van der Waals surface area contributed by atoms with Crippen LogP contribution >= 0.6 is 11.3 Å². The van der Waals surface area contributed by atoms with E-state index >= 15 is 0 Å². The van der Waals surface area contributed by atoms with E-state index in [1.54, 1.807) is 37.7 Å². The van der Waals surface area contributed by atoms with Crippen LogP contribution in [-0.4, -0.2) is 44.7 Å². The molecule has 0 aliphatic carbocycles. The maximum absolute atomic E-state index is 12.2. The lowest BCUT2D eigenvalue weighted by Crippen LogP contribution is -2.40. The van der Waals surface area contributed by atoms with Crippen LogP contribution in [0.3, 0.4) is 0 Å². The second kappa shape index (κ2) is 9.41. The average Bonchev–Trinajstić information content (AvgIpc) is 3.25. The number of hydrogen-bond donors (Lipinski definition) is 1. The van der Waals surface area contributed by atoms with E-state index in [9.17, 15) is 4.79 Å². The number of thiazole rings is 1. The first-order chi connectivity index (χ1) is 13.2. The molecule has 0 radical (unpaired) electrons. The Morgan fingerprint density at radius 1 is 1.37 bits per heavy atom. The van der Waals surface area contributed by atoms with Crippen molar-refractivity contribution in [3.8, 4) is 11.5 Å². The molecule has 3 rings (SSSR count). The Balaban J connectivity index is 1.50. The Labute approximate surface area is 163 Å². The number of nitrogens with zero attached hydrogens (tertiary/aromatic N) is 2. The predicted octanol–water partition coefficient (Wildman–Crippen LogP) is 3.21. The minimum atomic E-state index is -0.0869. The SMILES string of the molecule is COc1ccc(/C=C/C(=O)NCC2CCCN(c3nccs3)C2)cc1OC. The molecule has 1 aliphatic rings. The molecule has 1 atom stereocenters. The Morgan fingerprint density at radius 2 is 2.22 bits per heavy atom. The van der Waals surface area contributed by atoms with Gasteiger partial charge >= 0.3 is 0 Å². The summed E-state index contributed by atoms with van der Waals surface area (Å²) in [6.45, 7) is 2.65. The van der Waals surface area contributed by atoms with Crippen LogP contribution in [-0.2, 0) is 4.79 Å². The number of aromatic nitrogens is 1. The highest BCUT2D eigenvalue weighted by atomic mass is 32.1. The Hall–Kier alpha value is -2.54. The summed E-state index contributed by atoms with van der Waals surface area (Å²) in [6.07, 6.45) is 7.43. The second-order valence-corrected chi connectivity index (χ2v) is 7.33. The van der Waals surface area contributed by atoms with Gasteiger partial charge in [-0.1, -0.05) is 6.07 Å². The highest BCUT2D eigenvalue weighted by Gasteiger charge is 2.21. The molecule has 1 amide bonds. The van der Waals surface area contributed by atoms with E-state index in [1.807, 2.05) is 29.8 Å². The lowest BCUT2D eigenvalue weighted by Gasteiger charge is -2.32. The fourth-order valence-corrected chi connectivity index (χ4v) is 3.89. The van der Waals surface area contributed by atoms with Gasteiger partial charge in [-0.15, -0.1) is 11.3 Å². The quantitative estimate of drug-likeness (QED) is 0.739. The molecule has 27 heavy (non-hydrogen) atoms. The minimum Gasteiger partial charge on any atom is -0.493 e. The number of carbonyl (C=O) groups is 1. The number of piperidine rings is 1. The molecule has 1 fully saturated rings. The highest BCUT2D eigenvalue weighted by Crippen LogP contribution is 2.28. The van der Waals surface area contributed by atoms with Crippen LogP contribution in [0, 0.1) is 5.92 Å². The molecule has 7 heteroatoms. The zero-order valence-electron chi connectivity index (χ0n) is 15.7. The van der Waals surface area contributed by atoms with Gasteiger partial charge < -0.3 is 19.7 Å². The van der Waals surface area contributed by atoms with Crippen LogP contribution in [0.25, 0.3) is 6.08 Å². The Kier molecular flexibility index (Phi) is 6.70. The van der Waals surface area contributed by atoms with Gasteiger partial charge in [-0.2, -0.15) is 0 Å². The first kappa shape index (κ1) is 19.2. The van der Waals surface area contributed by atoms with Gasteiger partial charge in [0.15, 0.2) is 16.6 Å². The van der Waals surface area contributed by atoms with Gasteiger partial charge in [0.25, 0.3) is 0 Å². The second-order valence-electron chi connectivity index (χ2n) is 6.46. The van der Waals surface area contributed by atoms with Gasteiger partial charge in [-0.3, -0.25) is 4.79 Å². The van der Waals surface area contributed by atoms with Crippen molar-refractivity contribution in [2.45, 2.75) is 12.8 Å². The monoisotopic (exact) mass is 387 g/mol. The predicted molar refractivity (Wildman–Crippen MR) is 109 cm³/mol. The van der Waals surface area contributed by atoms with Gasteiger partial charge in [-0.25, -0.2) is 4.98 Å². The molecule has 2 aromatic rings. The van der Waals surface area contributed by atoms with Gasteiger partial charge in [0.05, 0.1) is 14.2 Å². The molecule has 0 saturated carbocycles. The fraction of sp³-hybridized carbons (Fsp3) is 0.400. The topological polar surface area (TPSA) is 63.7 Å². The van der Waals surface area contributed by atoms with Crippen molar-refractivity contribution in [3.63, 3.8) is 0 Å². The molecule has 6 nitrogen and oxygen atoms in total. The summed E-state index contributed by atoms with van der Waals surface area (Å²) in [5.41, 5.74) is 0.885. The summed E-state index contributed by atoms with van der Waals surface area (Å²) in [4.78, 5) is 18.9. The molecule has 1 N–H and O–H groups in total. The standard InChI is InChI=1S/C20H25N3O3S/c1-25-17-7-5-15(12-18(17)26-2)6-8-19(24)22-13-16-4-3-10-23(14-16)20-21-9-11-27-20/h5-9,11-12,16H,3-4,10,13-14H2,1-2H3,(H,22,24)/b8-6+. The Morgan fingerprint density at radius 3 is 2.96 bits per heavy atom. The molecule has 2 heterocycles. The van der Waals surface area contributed by atoms with Crippen LogP contribution in [0.5, 0.6) is 11.5 Å². The molecule has 1 aromatic heterocycles. The van der Waals surface area contributed by atoms with Gasteiger partial charge in [0.1, 0.15) is 0 Å². The average molecular weight is 388 g/mol. The molecule has 144 valence electrons. The summed E-state index contributed by atoms with van der Waals surface area (Å²) in [7, 11) is 3.19. The zero-order valence-corrected chi connectivity index (χ0v) is 16.5. The first-order valence-electron chi connectivity index (χ1n) is 9.02. The smallest absolute Gasteiger partial charge is 0.244 e. The van der Waals surface area contributed by atoms with Gasteiger partial charge in [-0.05, 0) is 42.5 Å². The van der Waals surface area contributed by atoms with E-state index in [1.165, 1.54) is 0 Å². The van der Waals surface area contributed by atoms with E-state index in [4.69, 9.17) is 9.47 Å². The van der Waals surface area contributed by atoms with Gasteiger partial charge in [0.2, 0.25) is 5.91 Å². The number of ether oxygens (including phenoxy) is 2. The van der Waals surface area contributed by atoms with Crippen molar-refractivity contribution in [2.24, 2.45) is 5.92 Å². The lowest BCUT2D eigenvalue weighted by molar-refractivity contribution is -0.116. The molecule has 0 spiro atoms. The van der Waals surface area contributed by atoms with Crippen LogP contribution in [0.15, 0.2) is 35.9 Å². The van der Waals surface area contributed by atoms with E-state index in [-0.39, 0.29) is 5.91 Å². The third kappa shape index (κ3) is 5.23. The summed E-state index contributed by atoms with van der Waals surface area (Å²) in [5, 5.41) is 6.08. The number of amides is 1. The molecule has 1 unspecified atom stereocenters. The number of nitrogens with one attached hydrogen (secondary N) is 1. The third-order valence-electron chi connectivity index (χ3n) is 4.61. The Bertz CT molecular complexity index is 777. The van der Waals surface area contributed by atoms with E-state index in [0.29, 0.717) is 24.0 Å². The van der Waals surface area contributed by atoms with Crippen molar-refractivity contribution < 1.29 is 14.3 Å². The number of methoxy groups -OCH3 is 2. The summed E-state index contributed by atoms with van der Waals surface area (Å²) < 4.78 is 10.5. The maximum Gasteiger partial charge on any atom is 0.244 e.